The number of hydrogen-bond acceptors (Lipinski definition) is 3. The van der Waals surface area contributed by atoms with E-state index in [1.807, 2.05) is 0 Å². The van der Waals surface area contributed by atoms with Crippen LogP contribution < -0.4 is 4.89 Å². The zero-order valence-corrected chi connectivity index (χ0v) is 8.38. The average molecular weight is 234 g/mol. The van der Waals surface area contributed by atoms with E-state index in [0.717, 1.165) is 24.3 Å². The first-order chi connectivity index (χ1) is 7.43. The lowest BCUT2D eigenvalue weighted by molar-refractivity contribution is -0.213. The van der Waals surface area contributed by atoms with Gasteiger partial charge in [-0.2, -0.15) is 13.2 Å². The van der Waals surface area contributed by atoms with Crippen molar-refractivity contribution in [3.8, 4) is 5.75 Å². The van der Waals surface area contributed by atoms with E-state index in [9.17, 15) is 18.0 Å². The normalized spacial score (nSPS) is 11.0. The Hall–Kier alpha value is -1.72. The van der Waals surface area contributed by atoms with Crippen molar-refractivity contribution in [1.29, 1.82) is 0 Å². The maximum atomic E-state index is 12.2. The van der Waals surface area contributed by atoms with Crippen LogP contribution in [-0.4, -0.2) is 5.97 Å². The average Bonchev–Trinajstić information content (AvgIpc) is 2.25. The van der Waals surface area contributed by atoms with Crippen LogP contribution in [0.15, 0.2) is 24.3 Å². The van der Waals surface area contributed by atoms with E-state index in [0.29, 0.717) is 0 Å². The van der Waals surface area contributed by atoms with Crippen LogP contribution in [0, 0.1) is 0 Å². The summed E-state index contributed by atoms with van der Waals surface area (Å²) >= 11 is 0. The van der Waals surface area contributed by atoms with Crippen molar-refractivity contribution in [2.45, 2.75) is 19.5 Å². The van der Waals surface area contributed by atoms with Gasteiger partial charge in [-0.05, 0) is 24.3 Å². The summed E-state index contributed by atoms with van der Waals surface area (Å²) in [6.07, 6.45) is -4.26. The van der Waals surface area contributed by atoms with Crippen LogP contribution >= 0.6 is 0 Å². The molecule has 0 amide bonds. The molecule has 88 valence electrons. The number of carbonyl (C=O) groups is 1. The molecule has 1 rings (SSSR count). The molecule has 0 aliphatic heterocycles. The lowest BCUT2D eigenvalue weighted by Crippen LogP contribution is -2.07. The molecule has 0 N–H and O–H groups in total. The van der Waals surface area contributed by atoms with Gasteiger partial charge in [0.1, 0.15) is 0 Å². The quantitative estimate of drug-likeness (QED) is 0.595. The van der Waals surface area contributed by atoms with Crippen LogP contribution in [0.1, 0.15) is 18.9 Å². The molecular formula is C10H9F3O3. The molecule has 0 heterocycles. The Labute approximate surface area is 89.7 Å². The number of benzene rings is 1. The lowest BCUT2D eigenvalue weighted by Gasteiger charge is -2.07. The predicted molar refractivity (Wildman–Crippen MR) is 48.5 cm³/mol. The molecule has 0 saturated carbocycles. The van der Waals surface area contributed by atoms with Gasteiger partial charge < -0.3 is 0 Å². The number of alkyl halides is 3. The highest BCUT2D eigenvalue weighted by molar-refractivity contribution is 5.68. The molecule has 0 atom stereocenters. The molecule has 1 aromatic rings. The zero-order chi connectivity index (χ0) is 12.2. The fourth-order valence-corrected chi connectivity index (χ4v) is 0.853. The molecule has 3 nitrogen and oxygen atoms in total. The highest BCUT2D eigenvalue weighted by Gasteiger charge is 2.30. The third-order valence-electron chi connectivity index (χ3n) is 1.70. The SMILES string of the molecule is CCC(=O)OOc1ccc(C(F)(F)F)cc1. The van der Waals surface area contributed by atoms with Gasteiger partial charge in [0.05, 0.1) is 5.56 Å². The summed E-state index contributed by atoms with van der Waals surface area (Å²) in [5.74, 6) is -0.560. The van der Waals surface area contributed by atoms with Gasteiger partial charge in [-0.15, -0.1) is 0 Å². The van der Waals surface area contributed by atoms with Crippen LogP contribution in [-0.2, 0) is 15.9 Å². The Bertz CT molecular complexity index is 357. The van der Waals surface area contributed by atoms with Gasteiger partial charge in [0.15, 0.2) is 5.75 Å². The van der Waals surface area contributed by atoms with Crippen molar-refractivity contribution in [1.82, 2.24) is 0 Å². The van der Waals surface area contributed by atoms with E-state index in [1.54, 1.807) is 6.92 Å². The molecule has 6 heteroatoms. The van der Waals surface area contributed by atoms with Gasteiger partial charge in [-0.3, -0.25) is 9.78 Å². The molecule has 1 aromatic carbocycles. The minimum Gasteiger partial charge on any atom is -0.287 e. The fourth-order valence-electron chi connectivity index (χ4n) is 0.853. The van der Waals surface area contributed by atoms with Crippen molar-refractivity contribution < 1.29 is 27.7 Å². The Balaban J connectivity index is 2.62. The van der Waals surface area contributed by atoms with E-state index in [4.69, 9.17) is 0 Å². The Morgan fingerprint density at radius 2 is 1.81 bits per heavy atom. The number of halogens is 3. The third kappa shape index (κ3) is 3.45. The van der Waals surface area contributed by atoms with Crippen LogP contribution in [0.4, 0.5) is 13.2 Å². The summed E-state index contributed by atoms with van der Waals surface area (Å²) in [7, 11) is 0. The van der Waals surface area contributed by atoms with E-state index in [1.165, 1.54) is 0 Å². The second-order valence-corrected chi connectivity index (χ2v) is 2.91. The summed E-state index contributed by atoms with van der Waals surface area (Å²) in [5, 5.41) is 0. The van der Waals surface area contributed by atoms with Crippen molar-refractivity contribution in [2.75, 3.05) is 0 Å². The number of hydrogen-bond donors (Lipinski definition) is 0. The Morgan fingerprint density at radius 3 is 2.25 bits per heavy atom. The molecular weight excluding hydrogens is 225 g/mol. The van der Waals surface area contributed by atoms with Gasteiger partial charge in [0, 0.05) is 6.42 Å². The Kier molecular flexibility index (Phi) is 3.76. The van der Waals surface area contributed by atoms with Crippen molar-refractivity contribution in [3.63, 3.8) is 0 Å². The number of carbonyl (C=O) groups excluding carboxylic acids is 1. The Morgan fingerprint density at radius 1 is 1.25 bits per heavy atom. The van der Waals surface area contributed by atoms with E-state index >= 15 is 0 Å². The molecule has 0 aliphatic rings. The van der Waals surface area contributed by atoms with Crippen LogP contribution in [0.2, 0.25) is 0 Å². The first-order valence-electron chi connectivity index (χ1n) is 4.48. The smallest absolute Gasteiger partial charge is 0.287 e. The van der Waals surface area contributed by atoms with Crippen molar-refractivity contribution in [3.05, 3.63) is 29.8 Å². The van der Waals surface area contributed by atoms with Gasteiger partial charge in [-0.1, -0.05) is 6.92 Å². The first kappa shape index (κ1) is 12.4. The minimum absolute atomic E-state index is 0.0369. The highest BCUT2D eigenvalue weighted by atomic mass is 19.4. The van der Waals surface area contributed by atoms with Crippen LogP contribution in [0.3, 0.4) is 0 Å². The monoisotopic (exact) mass is 234 g/mol. The molecule has 0 bridgehead atoms. The summed E-state index contributed by atoms with van der Waals surface area (Å²) in [6, 6.07) is 3.84. The van der Waals surface area contributed by atoms with Crippen LogP contribution in [0.25, 0.3) is 0 Å². The molecule has 0 aliphatic carbocycles. The molecule has 16 heavy (non-hydrogen) atoms. The largest absolute Gasteiger partial charge is 0.416 e. The van der Waals surface area contributed by atoms with Gasteiger partial charge in [0.25, 0.3) is 0 Å². The topological polar surface area (TPSA) is 35.5 Å². The summed E-state index contributed by atoms with van der Waals surface area (Å²) < 4.78 is 36.5. The van der Waals surface area contributed by atoms with Crippen molar-refractivity contribution >= 4 is 5.97 Å². The minimum atomic E-state index is -4.39. The second-order valence-electron chi connectivity index (χ2n) is 2.91. The fraction of sp³-hybridized carbons (Fsp3) is 0.300. The highest BCUT2D eigenvalue weighted by Crippen LogP contribution is 2.30. The van der Waals surface area contributed by atoms with Gasteiger partial charge >= 0.3 is 12.1 Å². The van der Waals surface area contributed by atoms with Crippen molar-refractivity contribution in [2.24, 2.45) is 0 Å². The van der Waals surface area contributed by atoms with Crippen LogP contribution in [0.5, 0.6) is 5.75 Å². The standard InChI is InChI=1S/C10H9F3O3/c1-2-9(14)16-15-8-5-3-7(4-6-8)10(11,12)13/h3-6H,2H2,1H3. The summed E-state index contributed by atoms with van der Waals surface area (Å²) in [5.41, 5.74) is -0.790. The zero-order valence-electron chi connectivity index (χ0n) is 8.38. The predicted octanol–water partition coefficient (Wildman–Crippen LogP) is 2.95. The molecule has 0 unspecified atom stereocenters. The summed E-state index contributed by atoms with van der Waals surface area (Å²) in [4.78, 5) is 19.5. The molecule has 0 aromatic heterocycles. The van der Waals surface area contributed by atoms with Gasteiger partial charge in [0.2, 0.25) is 0 Å². The van der Waals surface area contributed by atoms with E-state index in [-0.39, 0.29) is 12.2 Å². The first-order valence-corrected chi connectivity index (χ1v) is 4.48. The third-order valence-corrected chi connectivity index (χ3v) is 1.70. The van der Waals surface area contributed by atoms with Gasteiger partial charge in [-0.25, -0.2) is 4.79 Å². The maximum Gasteiger partial charge on any atom is 0.416 e. The molecule has 0 radical (unpaired) electrons. The van der Waals surface area contributed by atoms with E-state index in [2.05, 4.69) is 9.78 Å². The lowest BCUT2D eigenvalue weighted by atomic mass is 10.2. The number of rotatable bonds is 3. The second kappa shape index (κ2) is 4.87. The van der Waals surface area contributed by atoms with E-state index < -0.39 is 17.7 Å². The molecule has 0 spiro atoms. The molecule has 0 fully saturated rings. The maximum absolute atomic E-state index is 12.2. The summed E-state index contributed by atoms with van der Waals surface area (Å²) in [6.45, 7) is 1.57. The molecule has 0 saturated heterocycles.